The lowest BCUT2D eigenvalue weighted by molar-refractivity contribution is 0.752. The van der Waals surface area contributed by atoms with Gasteiger partial charge in [0, 0.05) is 20.7 Å². The minimum Gasteiger partial charge on any atom is -0.309 e. The fraction of sp³-hybridized carbons (Fsp3) is 0.0833. The van der Waals surface area contributed by atoms with E-state index in [1.54, 1.807) is 29.0 Å². The molecule has 2 rings (SSSR count). The van der Waals surface area contributed by atoms with Gasteiger partial charge in [0.1, 0.15) is 0 Å². The molecular weight excluding hydrogens is 405 g/mol. The monoisotopic (exact) mass is 409 g/mol. The standard InChI is InChI=1S/C12H7Br2Cl2NO/c13-8-3-10(14)12(18)17(6-8)5-7-1-2-9(15)4-11(7)16/h1-4,6H,5H2. The molecule has 0 spiro atoms. The summed E-state index contributed by atoms with van der Waals surface area (Å²) in [7, 11) is 0. The van der Waals surface area contributed by atoms with E-state index in [4.69, 9.17) is 23.2 Å². The molecule has 1 aromatic heterocycles. The van der Waals surface area contributed by atoms with E-state index in [9.17, 15) is 4.79 Å². The molecule has 0 saturated heterocycles. The van der Waals surface area contributed by atoms with E-state index in [0.717, 1.165) is 10.0 Å². The van der Waals surface area contributed by atoms with Gasteiger partial charge in [0.05, 0.1) is 11.0 Å². The molecule has 18 heavy (non-hydrogen) atoms. The SMILES string of the molecule is O=c1c(Br)cc(Br)cn1Cc1ccc(Cl)cc1Cl. The van der Waals surface area contributed by atoms with Crippen LogP contribution >= 0.6 is 55.1 Å². The zero-order valence-electron chi connectivity index (χ0n) is 8.96. The van der Waals surface area contributed by atoms with Crippen LogP contribution < -0.4 is 5.56 Å². The van der Waals surface area contributed by atoms with Gasteiger partial charge >= 0.3 is 0 Å². The largest absolute Gasteiger partial charge is 0.309 e. The molecule has 0 unspecified atom stereocenters. The normalized spacial score (nSPS) is 10.7. The molecule has 1 aromatic carbocycles. The van der Waals surface area contributed by atoms with Crippen molar-refractivity contribution in [2.45, 2.75) is 6.54 Å². The molecule has 0 saturated carbocycles. The smallest absolute Gasteiger partial charge is 0.265 e. The minimum absolute atomic E-state index is 0.107. The van der Waals surface area contributed by atoms with Gasteiger partial charge in [-0.1, -0.05) is 29.3 Å². The van der Waals surface area contributed by atoms with E-state index < -0.39 is 0 Å². The summed E-state index contributed by atoms with van der Waals surface area (Å²) in [5, 5.41) is 1.12. The molecule has 1 heterocycles. The van der Waals surface area contributed by atoms with Crippen LogP contribution in [0.4, 0.5) is 0 Å². The Morgan fingerprint density at radius 3 is 2.56 bits per heavy atom. The first kappa shape index (κ1) is 14.1. The van der Waals surface area contributed by atoms with Gasteiger partial charge in [-0.25, -0.2) is 0 Å². The predicted molar refractivity (Wildman–Crippen MR) is 81.7 cm³/mol. The van der Waals surface area contributed by atoms with Crippen molar-refractivity contribution in [2.24, 2.45) is 0 Å². The first-order chi connectivity index (χ1) is 8.47. The third-order valence-electron chi connectivity index (χ3n) is 2.36. The topological polar surface area (TPSA) is 22.0 Å². The fourth-order valence-corrected chi connectivity index (χ4v) is 3.24. The van der Waals surface area contributed by atoms with Crippen molar-refractivity contribution in [3.05, 3.63) is 65.4 Å². The summed E-state index contributed by atoms with van der Waals surface area (Å²) in [4.78, 5) is 11.9. The maximum Gasteiger partial charge on any atom is 0.265 e. The van der Waals surface area contributed by atoms with Crippen LogP contribution in [0.1, 0.15) is 5.56 Å². The summed E-state index contributed by atoms with van der Waals surface area (Å²) >= 11 is 18.5. The van der Waals surface area contributed by atoms with Gasteiger partial charge in [0.2, 0.25) is 0 Å². The molecule has 0 bridgehead atoms. The quantitative estimate of drug-likeness (QED) is 0.700. The Balaban J connectivity index is 2.43. The van der Waals surface area contributed by atoms with Gasteiger partial charge in [-0.15, -0.1) is 0 Å². The van der Waals surface area contributed by atoms with Crippen LogP contribution in [-0.4, -0.2) is 4.57 Å². The molecule has 0 aliphatic heterocycles. The highest BCUT2D eigenvalue weighted by molar-refractivity contribution is 9.11. The summed E-state index contributed by atoms with van der Waals surface area (Å²) in [6, 6.07) is 6.94. The van der Waals surface area contributed by atoms with Gasteiger partial charge in [-0.2, -0.15) is 0 Å². The highest BCUT2D eigenvalue weighted by Crippen LogP contribution is 2.22. The van der Waals surface area contributed by atoms with E-state index in [0.29, 0.717) is 21.1 Å². The van der Waals surface area contributed by atoms with Gasteiger partial charge < -0.3 is 4.57 Å². The number of hydrogen-bond donors (Lipinski definition) is 0. The number of halogens is 4. The van der Waals surface area contributed by atoms with Gasteiger partial charge in [-0.3, -0.25) is 4.79 Å². The Kier molecular flexibility index (Phi) is 4.54. The molecule has 2 aromatic rings. The van der Waals surface area contributed by atoms with E-state index in [-0.39, 0.29) is 5.56 Å². The van der Waals surface area contributed by atoms with Crippen molar-refractivity contribution < 1.29 is 0 Å². The van der Waals surface area contributed by atoms with Crippen LogP contribution in [-0.2, 0) is 6.54 Å². The number of rotatable bonds is 2. The van der Waals surface area contributed by atoms with Crippen LogP contribution in [0.15, 0.2) is 44.2 Å². The summed E-state index contributed by atoms with van der Waals surface area (Å²) in [5.74, 6) is 0. The Morgan fingerprint density at radius 2 is 1.89 bits per heavy atom. The van der Waals surface area contributed by atoms with E-state index in [1.165, 1.54) is 0 Å². The molecule has 0 fully saturated rings. The molecule has 0 aliphatic rings. The molecular formula is C12H7Br2Cl2NO. The van der Waals surface area contributed by atoms with E-state index >= 15 is 0 Å². The minimum atomic E-state index is -0.107. The van der Waals surface area contributed by atoms with Crippen molar-refractivity contribution in [1.82, 2.24) is 4.57 Å². The second-order valence-electron chi connectivity index (χ2n) is 3.68. The molecule has 0 radical (unpaired) electrons. The second kappa shape index (κ2) is 5.78. The van der Waals surface area contributed by atoms with E-state index in [1.807, 2.05) is 6.07 Å². The van der Waals surface area contributed by atoms with Crippen LogP contribution in [0.25, 0.3) is 0 Å². The number of pyridine rings is 1. The average Bonchev–Trinajstić information content (AvgIpc) is 2.29. The predicted octanol–water partition coefficient (Wildman–Crippen LogP) is 4.73. The molecule has 0 aliphatic carbocycles. The van der Waals surface area contributed by atoms with Crippen LogP contribution in [0.5, 0.6) is 0 Å². The van der Waals surface area contributed by atoms with Crippen LogP contribution in [0.2, 0.25) is 10.0 Å². The Morgan fingerprint density at radius 1 is 1.17 bits per heavy atom. The molecule has 94 valence electrons. The van der Waals surface area contributed by atoms with E-state index in [2.05, 4.69) is 31.9 Å². The molecule has 6 heteroatoms. The zero-order valence-corrected chi connectivity index (χ0v) is 13.6. The van der Waals surface area contributed by atoms with Crippen molar-refractivity contribution in [3.8, 4) is 0 Å². The average molecular weight is 412 g/mol. The Labute approximate surface area is 131 Å². The number of aromatic nitrogens is 1. The van der Waals surface area contributed by atoms with Crippen molar-refractivity contribution in [2.75, 3.05) is 0 Å². The molecule has 0 atom stereocenters. The van der Waals surface area contributed by atoms with Crippen molar-refractivity contribution in [3.63, 3.8) is 0 Å². The lowest BCUT2D eigenvalue weighted by atomic mass is 10.2. The highest BCUT2D eigenvalue weighted by Gasteiger charge is 2.07. The third kappa shape index (κ3) is 3.18. The molecule has 2 nitrogen and oxygen atoms in total. The maximum atomic E-state index is 11.9. The first-order valence-corrected chi connectivity index (χ1v) is 7.31. The zero-order chi connectivity index (χ0) is 13.3. The fourth-order valence-electron chi connectivity index (χ4n) is 1.52. The maximum absolute atomic E-state index is 11.9. The summed E-state index contributed by atoms with van der Waals surface area (Å²) in [6.45, 7) is 0.396. The lowest BCUT2D eigenvalue weighted by Gasteiger charge is -2.09. The van der Waals surface area contributed by atoms with Gasteiger partial charge in [-0.05, 0) is 55.6 Å². The molecule has 0 amide bonds. The van der Waals surface area contributed by atoms with Crippen molar-refractivity contribution >= 4 is 55.1 Å². The van der Waals surface area contributed by atoms with Crippen molar-refractivity contribution in [1.29, 1.82) is 0 Å². The number of benzene rings is 1. The van der Waals surface area contributed by atoms with Crippen LogP contribution in [0, 0.1) is 0 Å². The highest BCUT2D eigenvalue weighted by atomic mass is 79.9. The second-order valence-corrected chi connectivity index (χ2v) is 6.29. The van der Waals surface area contributed by atoms with Gasteiger partial charge in [0.25, 0.3) is 5.56 Å². The third-order valence-corrected chi connectivity index (χ3v) is 3.95. The lowest BCUT2D eigenvalue weighted by Crippen LogP contribution is -2.20. The van der Waals surface area contributed by atoms with Gasteiger partial charge in [0.15, 0.2) is 0 Å². The number of hydrogen-bond acceptors (Lipinski definition) is 1. The Hall–Kier alpha value is -0.290. The Bertz CT molecular complexity index is 655. The number of nitrogens with zero attached hydrogens (tertiary/aromatic N) is 1. The molecule has 0 N–H and O–H groups in total. The summed E-state index contributed by atoms with van der Waals surface area (Å²) in [6.07, 6.45) is 1.72. The van der Waals surface area contributed by atoms with Crippen LogP contribution in [0.3, 0.4) is 0 Å². The first-order valence-electron chi connectivity index (χ1n) is 4.97. The summed E-state index contributed by atoms with van der Waals surface area (Å²) < 4.78 is 2.89. The summed E-state index contributed by atoms with van der Waals surface area (Å²) in [5.41, 5.74) is 0.734.